The van der Waals surface area contributed by atoms with Crippen LogP contribution in [0.4, 0.5) is 0 Å². The number of hydrogen-bond acceptors (Lipinski definition) is 3. The maximum atomic E-state index is 6.39. The Hall–Kier alpha value is -3.43. The Bertz CT molecular complexity index is 1660. The topological polar surface area (TPSA) is 26.0 Å². The Morgan fingerprint density at radius 2 is 1.67 bits per heavy atom. The van der Waals surface area contributed by atoms with E-state index in [4.69, 9.17) is 9.40 Å². The van der Waals surface area contributed by atoms with Gasteiger partial charge >= 0.3 is 0 Å². The van der Waals surface area contributed by atoms with Crippen molar-refractivity contribution in [2.24, 2.45) is 0 Å². The van der Waals surface area contributed by atoms with E-state index in [0.29, 0.717) is 0 Å². The van der Waals surface area contributed by atoms with Crippen LogP contribution in [0.3, 0.4) is 0 Å². The summed E-state index contributed by atoms with van der Waals surface area (Å²) in [6.07, 6.45) is 1.85. The quantitative estimate of drug-likeness (QED) is 0.264. The number of furan rings is 1. The van der Waals surface area contributed by atoms with Crippen molar-refractivity contribution in [3.63, 3.8) is 0 Å². The average Bonchev–Trinajstić information content (AvgIpc) is 3.41. The van der Waals surface area contributed by atoms with Gasteiger partial charge in [-0.3, -0.25) is 4.98 Å². The van der Waals surface area contributed by atoms with Crippen LogP contribution in [0.15, 0.2) is 82.7 Å². The number of aromatic nitrogens is 1. The smallest absolute Gasteiger partial charge is 0.138 e. The number of thiophene rings is 1. The predicted octanol–water partition coefficient (Wildman–Crippen LogP) is 9.14. The molecule has 0 aliphatic heterocycles. The molecule has 0 spiro atoms. The molecule has 162 valence electrons. The van der Waals surface area contributed by atoms with Crippen LogP contribution in [0.5, 0.6) is 0 Å². The molecule has 0 amide bonds. The molecule has 6 aromatic rings. The van der Waals surface area contributed by atoms with E-state index >= 15 is 0 Å². The van der Waals surface area contributed by atoms with Gasteiger partial charge in [0.25, 0.3) is 0 Å². The lowest BCUT2D eigenvalue weighted by molar-refractivity contribution is 0.596. The summed E-state index contributed by atoms with van der Waals surface area (Å²) in [5, 5.41) is 7.09. The lowest BCUT2D eigenvalue weighted by Crippen LogP contribution is -2.12. The number of hydrogen-bond donors (Lipinski definition) is 0. The van der Waals surface area contributed by atoms with Gasteiger partial charge in [0.2, 0.25) is 0 Å². The molecule has 0 atom stereocenters. The van der Waals surface area contributed by atoms with Gasteiger partial charge in [-0.1, -0.05) is 57.2 Å². The molecular weight excluding hydrogens is 422 g/mol. The van der Waals surface area contributed by atoms with Gasteiger partial charge in [-0.05, 0) is 75.3 Å². The standard InChI is InChI=1S/C30H25NOS/c1-18-17-33-29-21(18)10-7-11-23(29)27-16-24-26(32-27)12-13-31-28(24)20-14-19-8-5-6-9-22(19)25(15-20)30(2,3)4/h5-17H,1-4H3. The monoisotopic (exact) mass is 447 g/mol. The molecule has 0 saturated carbocycles. The first-order valence-electron chi connectivity index (χ1n) is 11.3. The highest BCUT2D eigenvalue weighted by atomic mass is 32.1. The molecule has 0 aliphatic carbocycles. The van der Waals surface area contributed by atoms with Crippen LogP contribution < -0.4 is 0 Å². The number of aryl methyl sites for hydroxylation is 1. The third kappa shape index (κ3) is 3.27. The normalized spacial score (nSPS) is 12.2. The number of benzene rings is 3. The van der Waals surface area contributed by atoms with Gasteiger partial charge in [-0.2, -0.15) is 0 Å². The fourth-order valence-corrected chi connectivity index (χ4v) is 5.85. The van der Waals surface area contributed by atoms with E-state index in [2.05, 4.69) is 93.7 Å². The molecule has 33 heavy (non-hydrogen) atoms. The fraction of sp³-hybridized carbons (Fsp3) is 0.167. The van der Waals surface area contributed by atoms with E-state index in [9.17, 15) is 0 Å². The summed E-state index contributed by atoms with van der Waals surface area (Å²) >= 11 is 1.78. The molecule has 6 rings (SSSR count). The zero-order chi connectivity index (χ0) is 22.7. The van der Waals surface area contributed by atoms with Crippen LogP contribution in [0.1, 0.15) is 31.9 Å². The molecule has 3 aromatic carbocycles. The van der Waals surface area contributed by atoms with Crippen molar-refractivity contribution in [2.45, 2.75) is 33.1 Å². The largest absolute Gasteiger partial charge is 0.456 e. The summed E-state index contributed by atoms with van der Waals surface area (Å²) in [7, 11) is 0. The molecule has 0 aliphatic rings. The van der Waals surface area contributed by atoms with Gasteiger partial charge in [-0.25, -0.2) is 0 Å². The van der Waals surface area contributed by atoms with Crippen molar-refractivity contribution in [1.82, 2.24) is 4.98 Å². The van der Waals surface area contributed by atoms with Gasteiger partial charge in [0.15, 0.2) is 0 Å². The molecule has 3 heterocycles. The average molecular weight is 448 g/mol. The Balaban J connectivity index is 1.59. The summed E-state index contributed by atoms with van der Waals surface area (Å²) in [5.74, 6) is 0.892. The predicted molar refractivity (Wildman–Crippen MR) is 141 cm³/mol. The van der Waals surface area contributed by atoms with Crippen LogP contribution in [-0.4, -0.2) is 4.98 Å². The van der Waals surface area contributed by atoms with Gasteiger partial charge in [-0.15, -0.1) is 11.3 Å². The highest BCUT2D eigenvalue weighted by molar-refractivity contribution is 7.18. The van der Waals surface area contributed by atoms with Crippen molar-refractivity contribution < 1.29 is 4.42 Å². The number of rotatable bonds is 2. The van der Waals surface area contributed by atoms with Crippen molar-refractivity contribution in [1.29, 1.82) is 0 Å². The summed E-state index contributed by atoms with van der Waals surface area (Å²) in [4.78, 5) is 4.82. The van der Waals surface area contributed by atoms with Gasteiger partial charge < -0.3 is 4.42 Å². The first-order chi connectivity index (χ1) is 15.9. The molecule has 0 radical (unpaired) electrons. The zero-order valence-electron chi connectivity index (χ0n) is 19.3. The van der Waals surface area contributed by atoms with E-state index in [1.807, 2.05) is 12.3 Å². The number of pyridine rings is 1. The minimum atomic E-state index is 0.0255. The molecule has 2 nitrogen and oxygen atoms in total. The zero-order valence-corrected chi connectivity index (χ0v) is 20.1. The molecule has 0 unspecified atom stereocenters. The third-order valence-corrected chi connectivity index (χ3v) is 7.59. The second kappa shape index (κ2) is 7.29. The fourth-order valence-electron chi connectivity index (χ4n) is 4.77. The highest BCUT2D eigenvalue weighted by Crippen LogP contribution is 2.40. The van der Waals surface area contributed by atoms with Gasteiger partial charge in [0.1, 0.15) is 11.3 Å². The molecule has 3 aromatic heterocycles. The van der Waals surface area contributed by atoms with Crippen LogP contribution in [0.25, 0.3) is 54.4 Å². The Labute approximate surface area is 197 Å². The summed E-state index contributed by atoms with van der Waals surface area (Å²) in [5.41, 5.74) is 6.76. The summed E-state index contributed by atoms with van der Waals surface area (Å²) in [6, 6.07) is 23.8. The maximum absolute atomic E-state index is 6.39. The number of fused-ring (bicyclic) bond motifs is 3. The summed E-state index contributed by atoms with van der Waals surface area (Å²) in [6.45, 7) is 8.97. The van der Waals surface area contributed by atoms with E-state index < -0.39 is 0 Å². The molecule has 0 bridgehead atoms. The van der Waals surface area contributed by atoms with Gasteiger partial charge in [0, 0.05) is 27.4 Å². The second-order valence-electron chi connectivity index (χ2n) is 9.78. The van der Waals surface area contributed by atoms with Crippen LogP contribution >= 0.6 is 11.3 Å². The van der Waals surface area contributed by atoms with E-state index in [-0.39, 0.29) is 5.41 Å². The van der Waals surface area contributed by atoms with E-state index in [1.165, 1.54) is 32.0 Å². The SMILES string of the molecule is Cc1csc2c(-c3cc4c(-c5cc(C(C)(C)C)c6ccccc6c5)nccc4o3)cccc12. The third-order valence-electron chi connectivity index (χ3n) is 6.45. The van der Waals surface area contributed by atoms with Crippen LogP contribution in [0, 0.1) is 6.92 Å². The molecular formula is C30H25NOS. The van der Waals surface area contributed by atoms with Gasteiger partial charge in [0.05, 0.1) is 5.69 Å². The number of nitrogens with zero attached hydrogens (tertiary/aromatic N) is 1. The van der Waals surface area contributed by atoms with Crippen molar-refractivity contribution in [3.05, 3.63) is 89.4 Å². The first-order valence-corrected chi connectivity index (χ1v) is 12.2. The lowest BCUT2D eigenvalue weighted by atomic mass is 9.82. The van der Waals surface area contributed by atoms with Crippen molar-refractivity contribution >= 4 is 43.2 Å². The Morgan fingerprint density at radius 3 is 2.52 bits per heavy atom. The molecule has 3 heteroatoms. The molecule has 0 saturated heterocycles. The minimum Gasteiger partial charge on any atom is -0.456 e. The second-order valence-corrected chi connectivity index (χ2v) is 10.7. The summed E-state index contributed by atoms with van der Waals surface area (Å²) < 4.78 is 7.65. The molecule has 0 N–H and O–H groups in total. The van der Waals surface area contributed by atoms with E-state index in [0.717, 1.165) is 33.6 Å². The van der Waals surface area contributed by atoms with Crippen LogP contribution in [0.2, 0.25) is 0 Å². The minimum absolute atomic E-state index is 0.0255. The highest BCUT2D eigenvalue weighted by Gasteiger charge is 2.20. The van der Waals surface area contributed by atoms with Crippen molar-refractivity contribution in [2.75, 3.05) is 0 Å². The lowest BCUT2D eigenvalue weighted by Gasteiger charge is -2.22. The Morgan fingerprint density at radius 1 is 0.848 bits per heavy atom. The van der Waals surface area contributed by atoms with Crippen molar-refractivity contribution in [3.8, 4) is 22.6 Å². The molecule has 0 fully saturated rings. The Kier molecular flexibility index (Phi) is 4.46. The maximum Gasteiger partial charge on any atom is 0.138 e. The van der Waals surface area contributed by atoms with E-state index in [1.54, 1.807) is 11.3 Å². The van der Waals surface area contributed by atoms with Crippen LogP contribution in [-0.2, 0) is 5.41 Å². The first kappa shape index (κ1) is 20.2.